The highest BCUT2D eigenvalue weighted by atomic mass is 16.6. The van der Waals surface area contributed by atoms with Gasteiger partial charge in [-0.05, 0) is 6.92 Å². The van der Waals surface area contributed by atoms with E-state index >= 15 is 0 Å². The normalized spacial score (nSPS) is 30.2. The fourth-order valence-corrected chi connectivity index (χ4v) is 2.33. The highest BCUT2D eigenvalue weighted by Gasteiger charge is 2.44. The number of ether oxygens (including phenoxy) is 1. The van der Waals surface area contributed by atoms with Crippen LogP contribution >= 0.6 is 0 Å². The van der Waals surface area contributed by atoms with E-state index in [1.54, 1.807) is 6.92 Å². The van der Waals surface area contributed by atoms with Crippen LogP contribution in [0.5, 0.6) is 0 Å². The van der Waals surface area contributed by atoms with E-state index in [1.165, 1.54) is 10.9 Å². The van der Waals surface area contributed by atoms with E-state index in [-0.39, 0.29) is 5.82 Å². The zero-order valence-corrected chi connectivity index (χ0v) is 10.7. The lowest BCUT2D eigenvalue weighted by Gasteiger charge is -2.15. The molecular weight excluding hydrogens is 266 g/mol. The molecule has 0 aromatic carbocycles. The maximum Gasteiger partial charge on any atom is 0.181 e. The Morgan fingerprint density at radius 1 is 1.35 bits per heavy atom. The van der Waals surface area contributed by atoms with Crippen molar-refractivity contribution in [2.24, 2.45) is 0 Å². The molecule has 0 saturated carbocycles. The fraction of sp³-hybridized carbons (Fsp3) is 0.545. The second kappa shape index (κ2) is 4.63. The summed E-state index contributed by atoms with van der Waals surface area (Å²) in [5.74, 6) is 0.744. The summed E-state index contributed by atoms with van der Waals surface area (Å²) in [6.07, 6.45) is -2.74. The molecule has 9 heteroatoms. The average Bonchev–Trinajstić information content (AvgIpc) is 2.93. The van der Waals surface area contributed by atoms with Gasteiger partial charge in [-0.3, -0.25) is 0 Å². The quantitative estimate of drug-likeness (QED) is 0.512. The summed E-state index contributed by atoms with van der Waals surface area (Å²) < 4.78 is 6.75. The highest BCUT2D eigenvalue weighted by Crippen LogP contribution is 2.31. The number of fused-ring (bicyclic) bond motifs is 1. The predicted octanol–water partition coefficient (Wildman–Crippen LogP) is -1.67. The van der Waals surface area contributed by atoms with E-state index in [2.05, 4.69) is 15.1 Å². The maximum atomic E-state index is 10.0. The molecule has 1 aliphatic heterocycles. The van der Waals surface area contributed by atoms with Gasteiger partial charge in [-0.2, -0.15) is 5.10 Å². The number of nitrogens with two attached hydrogens (primary N) is 1. The van der Waals surface area contributed by atoms with Crippen LogP contribution in [0, 0.1) is 6.92 Å². The Balaban J connectivity index is 2.07. The van der Waals surface area contributed by atoms with Crippen LogP contribution in [-0.4, -0.2) is 60.0 Å². The van der Waals surface area contributed by atoms with Crippen LogP contribution in [0.1, 0.15) is 12.1 Å². The molecule has 5 N–H and O–H groups in total. The molecule has 9 nitrogen and oxygen atoms in total. The minimum atomic E-state index is -1.22. The largest absolute Gasteiger partial charge is 0.394 e. The smallest absolute Gasteiger partial charge is 0.181 e. The van der Waals surface area contributed by atoms with Crippen LogP contribution in [-0.2, 0) is 4.74 Å². The summed E-state index contributed by atoms with van der Waals surface area (Å²) in [4.78, 5) is 8.25. The minimum absolute atomic E-state index is 0.283. The van der Waals surface area contributed by atoms with Gasteiger partial charge in [0.05, 0.1) is 18.2 Å². The van der Waals surface area contributed by atoms with Crippen molar-refractivity contribution in [3.8, 4) is 0 Å². The number of aliphatic hydroxyl groups is 3. The first-order valence-corrected chi connectivity index (χ1v) is 6.12. The molecular formula is C11H15N5O4. The Hall–Kier alpha value is -1.81. The third kappa shape index (κ3) is 1.83. The van der Waals surface area contributed by atoms with E-state index in [0.29, 0.717) is 16.9 Å². The molecule has 20 heavy (non-hydrogen) atoms. The number of nitrogen functional groups attached to an aromatic ring is 1. The SMILES string of the molecule is Cc1nc(N)c2cnn(C3O[C@H](CO)[C@@H](O)[C@H]3O)c2n1. The average molecular weight is 281 g/mol. The fourth-order valence-electron chi connectivity index (χ4n) is 2.33. The van der Waals surface area contributed by atoms with Crippen molar-refractivity contribution in [3.05, 3.63) is 12.0 Å². The number of nitrogens with zero attached hydrogens (tertiary/aromatic N) is 4. The van der Waals surface area contributed by atoms with Gasteiger partial charge < -0.3 is 25.8 Å². The third-order valence-electron chi connectivity index (χ3n) is 3.35. The topological polar surface area (TPSA) is 140 Å². The van der Waals surface area contributed by atoms with E-state index in [0.717, 1.165) is 0 Å². The van der Waals surface area contributed by atoms with Gasteiger partial charge in [0, 0.05) is 0 Å². The molecule has 0 aliphatic carbocycles. The van der Waals surface area contributed by atoms with Crippen molar-refractivity contribution in [1.29, 1.82) is 0 Å². The molecule has 0 radical (unpaired) electrons. The summed E-state index contributed by atoms with van der Waals surface area (Å²) >= 11 is 0. The van der Waals surface area contributed by atoms with Crippen LogP contribution in [0.4, 0.5) is 5.82 Å². The molecule has 0 bridgehead atoms. The van der Waals surface area contributed by atoms with Crippen LogP contribution in [0.2, 0.25) is 0 Å². The van der Waals surface area contributed by atoms with Crippen molar-refractivity contribution < 1.29 is 20.1 Å². The van der Waals surface area contributed by atoms with Crippen LogP contribution in [0.15, 0.2) is 6.20 Å². The van der Waals surface area contributed by atoms with Gasteiger partial charge in [-0.1, -0.05) is 0 Å². The number of rotatable bonds is 2. The molecule has 4 atom stereocenters. The van der Waals surface area contributed by atoms with Gasteiger partial charge in [-0.25, -0.2) is 14.6 Å². The molecule has 0 amide bonds. The zero-order chi connectivity index (χ0) is 14.4. The van der Waals surface area contributed by atoms with Crippen molar-refractivity contribution >= 4 is 16.9 Å². The summed E-state index contributed by atoms with van der Waals surface area (Å²) in [7, 11) is 0. The molecule has 1 unspecified atom stereocenters. The first-order chi connectivity index (χ1) is 9.52. The van der Waals surface area contributed by atoms with Gasteiger partial charge in [0.2, 0.25) is 0 Å². The van der Waals surface area contributed by atoms with Gasteiger partial charge in [0.25, 0.3) is 0 Å². The number of hydrogen-bond acceptors (Lipinski definition) is 8. The van der Waals surface area contributed by atoms with Crippen molar-refractivity contribution in [3.63, 3.8) is 0 Å². The Labute approximate surface area is 113 Å². The Bertz CT molecular complexity index is 645. The molecule has 2 aromatic heterocycles. The highest BCUT2D eigenvalue weighted by molar-refractivity contribution is 5.85. The van der Waals surface area contributed by atoms with Crippen LogP contribution in [0.25, 0.3) is 11.0 Å². The van der Waals surface area contributed by atoms with Gasteiger partial charge >= 0.3 is 0 Å². The summed E-state index contributed by atoms with van der Waals surface area (Å²) in [6, 6.07) is 0. The third-order valence-corrected chi connectivity index (χ3v) is 3.35. The molecule has 3 rings (SSSR count). The number of aryl methyl sites for hydroxylation is 1. The molecule has 2 aromatic rings. The van der Waals surface area contributed by atoms with E-state index in [4.69, 9.17) is 15.6 Å². The van der Waals surface area contributed by atoms with Crippen LogP contribution in [0.3, 0.4) is 0 Å². The van der Waals surface area contributed by atoms with Gasteiger partial charge in [0.1, 0.15) is 30.0 Å². The second-order valence-electron chi connectivity index (χ2n) is 4.71. The zero-order valence-electron chi connectivity index (χ0n) is 10.7. The Morgan fingerprint density at radius 2 is 2.10 bits per heavy atom. The summed E-state index contributed by atoms with van der Waals surface area (Å²) in [6.45, 7) is 1.29. The molecule has 1 fully saturated rings. The number of hydrogen-bond donors (Lipinski definition) is 4. The molecule has 0 spiro atoms. The summed E-state index contributed by atoms with van der Waals surface area (Å²) in [5, 5.41) is 33.5. The van der Waals surface area contributed by atoms with Gasteiger partial charge in [-0.15, -0.1) is 0 Å². The Morgan fingerprint density at radius 3 is 2.75 bits per heavy atom. The van der Waals surface area contributed by atoms with E-state index in [1.807, 2.05) is 0 Å². The van der Waals surface area contributed by atoms with E-state index < -0.39 is 31.1 Å². The minimum Gasteiger partial charge on any atom is -0.394 e. The standard InChI is InChI=1S/C11H15N5O4/c1-4-14-9(12)5-2-13-16(10(5)15-4)11-8(19)7(18)6(3-17)20-11/h2,6-8,11,17-19H,3H2,1H3,(H2,12,14,15)/t6-,7-,8-,11?/m1/s1. The lowest BCUT2D eigenvalue weighted by molar-refractivity contribution is -0.0566. The molecule has 1 saturated heterocycles. The van der Waals surface area contributed by atoms with Crippen molar-refractivity contribution in [2.45, 2.75) is 31.5 Å². The van der Waals surface area contributed by atoms with E-state index in [9.17, 15) is 10.2 Å². The first-order valence-electron chi connectivity index (χ1n) is 6.12. The second-order valence-corrected chi connectivity index (χ2v) is 4.71. The van der Waals surface area contributed by atoms with Crippen LogP contribution < -0.4 is 5.73 Å². The molecule has 1 aliphatic rings. The summed E-state index contributed by atoms with van der Waals surface area (Å²) in [5.41, 5.74) is 6.19. The van der Waals surface area contributed by atoms with Crippen molar-refractivity contribution in [1.82, 2.24) is 19.7 Å². The number of aliphatic hydroxyl groups excluding tert-OH is 3. The van der Waals surface area contributed by atoms with Gasteiger partial charge in [0.15, 0.2) is 11.9 Å². The lowest BCUT2D eigenvalue weighted by atomic mass is 10.1. The Kier molecular flexibility index (Phi) is 3.05. The number of anilines is 1. The van der Waals surface area contributed by atoms with Crippen molar-refractivity contribution in [2.75, 3.05) is 12.3 Å². The number of aromatic nitrogens is 4. The maximum absolute atomic E-state index is 10.0. The monoisotopic (exact) mass is 281 g/mol. The first kappa shape index (κ1) is 13.2. The molecule has 3 heterocycles. The molecule has 108 valence electrons. The predicted molar refractivity (Wildman–Crippen MR) is 67.5 cm³/mol. The lowest BCUT2D eigenvalue weighted by Crippen LogP contribution is -2.33.